The number of aliphatic hydroxyl groups excluding tert-OH is 1. The Balaban J connectivity index is 2.28. The van der Waals surface area contributed by atoms with Crippen LogP contribution in [0.25, 0.3) is 0 Å². The standard InChI is InChI=1S/C9H12O6S/c10-8(7-15-16(11,12)13)6-14-9-4-2-1-3-5-9/h1-5,8,10H,6-7H2,(H,11,12,13). The first-order valence-electron chi connectivity index (χ1n) is 4.45. The lowest BCUT2D eigenvalue weighted by Gasteiger charge is -2.11. The monoisotopic (exact) mass is 248 g/mol. The Kier molecular flexibility index (Phi) is 4.69. The number of rotatable bonds is 6. The van der Waals surface area contributed by atoms with Crippen LogP contribution in [0.4, 0.5) is 0 Å². The van der Waals surface area contributed by atoms with Gasteiger partial charge < -0.3 is 9.84 Å². The van der Waals surface area contributed by atoms with Gasteiger partial charge in [-0.2, -0.15) is 8.42 Å². The summed E-state index contributed by atoms with van der Waals surface area (Å²) in [6, 6.07) is 8.71. The van der Waals surface area contributed by atoms with Crippen molar-refractivity contribution >= 4 is 10.4 Å². The molecule has 1 aromatic carbocycles. The smallest absolute Gasteiger partial charge is 0.397 e. The maximum absolute atomic E-state index is 10.2. The van der Waals surface area contributed by atoms with Crippen LogP contribution in [0.3, 0.4) is 0 Å². The largest absolute Gasteiger partial charge is 0.491 e. The minimum atomic E-state index is -4.52. The summed E-state index contributed by atoms with van der Waals surface area (Å²) in [7, 11) is -4.52. The third-order valence-corrected chi connectivity index (χ3v) is 2.03. The molecule has 0 radical (unpaired) electrons. The third kappa shape index (κ3) is 5.66. The van der Waals surface area contributed by atoms with Crippen molar-refractivity contribution in [2.75, 3.05) is 13.2 Å². The first-order valence-corrected chi connectivity index (χ1v) is 5.81. The number of benzene rings is 1. The SMILES string of the molecule is O=S(=O)(O)OCC(O)COc1ccccc1. The van der Waals surface area contributed by atoms with Gasteiger partial charge in [-0.1, -0.05) is 18.2 Å². The van der Waals surface area contributed by atoms with E-state index < -0.39 is 23.1 Å². The van der Waals surface area contributed by atoms with Gasteiger partial charge in [0.25, 0.3) is 0 Å². The molecule has 90 valence electrons. The molecule has 7 heteroatoms. The first-order chi connectivity index (χ1) is 7.47. The van der Waals surface area contributed by atoms with Crippen molar-refractivity contribution < 1.29 is 27.0 Å². The molecule has 0 bridgehead atoms. The maximum atomic E-state index is 10.2. The molecule has 1 aromatic rings. The molecule has 0 heterocycles. The van der Waals surface area contributed by atoms with E-state index in [9.17, 15) is 13.5 Å². The first kappa shape index (κ1) is 12.9. The molecule has 16 heavy (non-hydrogen) atoms. The topological polar surface area (TPSA) is 93.1 Å². The Bertz CT molecular complexity index is 401. The zero-order chi connectivity index (χ0) is 12.0. The molecule has 0 aliphatic heterocycles. The molecule has 0 aliphatic rings. The van der Waals surface area contributed by atoms with Gasteiger partial charge in [0.1, 0.15) is 18.5 Å². The summed E-state index contributed by atoms with van der Waals surface area (Å²) < 4.78 is 37.7. The number of hydrogen-bond acceptors (Lipinski definition) is 5. The Morgan fingerprint density at radius 2 is 1.81 bits per heavy atom. The molecular weight excluding hydrogens is 236 g/mol. The number of hydrogen-bond donors (Lipinski definition) is 2. The predicted molar refractivity (Wildman–Crippen MR) is 55.4 cm³/mol. The van der Waals surface area contributed by atoms with Gasteiger partial charge in [0.15, 0.2) is 0 Å². The molecule has 0 aliphatic carbocycles. The van der Waals surface area contributed by atoms with Gasteiger partial charge in [-0.3, -0.25) is 4.55 Å². The quantitative estimate of drug-likeness (QED) is 0.701. The molecule has 2 N–H and O–H groups in total. The fourth-order valence-corrected chi connectivity index (χ4v) is 1.25. The van der Waals surface area contributed by atoms with E-state index in [0.29, 0.717) is 5.75 Å². The summed E-state index contributed by atoms with van der Waals surface area (Å²) >= 11 is 0. The van der Waals surface area contributed by atoms with Crippen LogP contribution in [0.1, 0.15) is 0 Å². The van der Waals surface area contributed by atoms with Crippen molar-refractivity contribution in [1.82, 2.24) is 0 Å². The fraction of sp³-hybridized carbons (Fsp3) is 0.333. The summed E-state index contributed by atoms with van der Waals surface area (Å²) in [5.74, 6) is 0.549. The van der Waals surface area contributed by atoms with E-state index in [1.807, 2.05) is 6.07 Å². The number of aliphatic hydroxyl groups is 1. The van der Waals surface area contributed by atoms with Crippen molar-refractivity contribution in [3.05, 3.63) is 30.3 Å². The lowest BCUT2D eigenvalue weighted by molar-refractivity contribution is 0.0604. The predicted octanol–water partition coefficient (Wildman–Crippen LogP) is 0.246. The Hall–Kier alpha value is -1.15. The van der Waals surface area contributed by atoms with Crippen LogP contribution in [0.2, 0.25) is 0 Å². The van der Waals surface area contributed by atoms with Gasteiger partial charge in [-0.15, -0.1) is 0 Å². The summed E-state index contributed by atoms with van der Waals surface area (Å²) in [6.45, 7) is -0.675. The summed E-state index contributed by atoms with van der Waals surface area (Å²) in [5, 5.41) is 9.25. The molecule has 1 unspecified atom stereocenters. The van der Waals surface area contributed by atoms with E-state index in [1.54, 1.807) is 24.3 Å². The molecular formula is C9H12O6S. The van der Waals surface area contributed by atoms with E-state index in [0.717, 1.165) is 0 Å². The number of para-hydroxylation sites is 1. The Morgan fingerprint density at radius 3 is 2.38 bits per heavy atom. The second-order valence-corrected chi connectivity index (χ2v) is 4.08. The van der Waals surface area contributed by atoms with Gasteiger partial charge >= 0.3 is 10.4 Å². The molecule has 1 atom stereocenters. The van der Waals surface area contributed by atoms with E-state index in [4.69, 9.17) is 9.29 Å². The van der Waals surface area contributed by atoms with Crippen LogP contribution in [-0.4, -0.2) is 37.4 Å². The molecule has 0 amide bonds. The van der Waals surface area contributed by atoms with Gasteiger partial charge in [-0.05, 0) is 12.1 Å². The molecule has 0 fully saturated rings. The zero-order valence-electron chi connectivity index (χ0n) is 8.31. The van der Waals surface area contributed by atoms with Gasteiger partial charge in [0.2, 0.25) is 0 Å². The van der Waals surface area contributed by atoms with Crippen molar-refractivity contribution in [1.29, 1.82) is 0 Å². The summed E-state index contributed by atoms with van der Waals surface area (Å²) in [5.41, 5.74) is 0. The van der Waals surface area contributed by atoms with E-state index in [2.05, 4.69) is 4.18 Å². The normalized spacial score (nSPS) is 13.4. The molecule has 1 rings (SSSR count). The highest BCUT2D eigenvalue weighted by Gasteiger charge is 2.11. The van der Waals surface area contributed by atoms with E-state index in [-0.39, 0.29) is 6.61 Å². The molecule has 6 nitrogen and oxygen atoms in total. The highest BCUT2D eigenvalue weighted by molar-refractivity contribution is 7.80. The van der Waals surface area contributed by atoms with Crippen LogP contribution >= 0.6 is 0 Å². The highest BCUT2D eigenvalue weighted by atomic mass is 32.3. The fourth-order valence-electron chi connectivity index (χ4n) is 0.922. The minimum Gasteiger partial charge on any atom is -0.491 e. The van der Waals surface area contributed by atoms with Crippen LogP contribution in [0.5, 0.6) is 5.75 Å². The van der Waals surface area contributed by atoms with Crippen molar-refractivity contribution in [3.8, 4) is 5.75 Å². The third-order valence-electron chi connectivity index (χ3n) is 1.59. The summed E-state index contributed by atoms with van der Waals surface area (Å²) in [6.07, 6.45) is -1.14. The summed E-state index contributed by atoms with van der Waals surface area (Å²) in [4.78, 5) is 0. The van der Waals surface area contributed by atoms with Gasteiger partial charge in [0.05, 0.1) is 6.61 Å². The van der Waals surface area contributed by atoms with E-state index in [1.165, 1.54) is 0 Å². The van der Waals surface area contributed by atoms with Crippen molar-refractivity contribution in [2.24, 2.45) is 0 Å². The zero-order valence-corrected chi connectivity index (χ0v) is 9.13. The number of ether oxygens (including phenoxy) is 1. The van der Waals surface area contributed by atoms with Crippen LogP contribution < -0.4 is 4.74 Å². The molecule has 0 spiro atoms. The van der Waals surface area contributed by atoms with Gasteiger partial charge in [-0.25, -0.2) is 4.18 Å². The van der Waals surface area contributed by atoms with Crippen LogP contribution in [0, 0.1) is 0 Å². The van der Waals surface area contributed by atoms with Crippen molar-refractivity contribution in [3.63, 3.8) is 0 Å². The Morgan fingerprint density at radius 1 is 1.19 bits per heavy atom. The second-order valence-electron chi connectivity index (χ2n) is 2.99. The Labute approximate surface area is 93.4 Å². The minimum absolute atomic E-state index is 0.125. The maximum Gasteiger partial charge on any atom is 0.397 e. The molecule has 0 saturated carbocycles. The average molecular weight is 248 g/mol. The molecule has 0 aromatic heterocycles. The average Bonchev–Trinajstić information content (AvgIpc) is 2.24. The lowest BCUT2D eigenvalue weighted by atomic mass is 10.3. The molecule has 0 saturated heterocycles. The van der Waals surface area contributed by atoms with Crippen molar-refractivity contribution in [2.45, 2.75) is 6.10 Å². The highest BCUT2D eigenvalue weighted by Crippen LogP contribution is 2.08. The van der Waals surface area contributed by atoms with Crippen LogP contribution in [-0.2, 0) is 14.6 Å². The van der Waals surface area contributed by atoms with E-state index >= 15 is 0 Å². The van der Waals surface area contributed by atoms with Crippen LogP contribution in [0.15, 0.2) is 30.3 Å². The lowest BCUT2D eigenvalue weighted by Crippen LogP contribution is -2.25. The van der Waals surface area contributed by atoms with Gasteiger partial charge in [0, 0.05) is 0 Å². The second kappa shape index (κ2) is 5.80.